The number of benzene rings is 2. The predicted molar refractivity (Wildman–Crippen MR) is 124 cm³/mol. The van der Waals surface area contributed by atoms with E-state index in [0.717, 1.165) is 16.9 Å². The molecule has 7 heteroatoms. The van der Waals surface area contributed by atoms with Crippen molar-refractivity contribution in [2.45, 2.75) is 58.5 Å². The summed E-state index contributed by atoms with van der Waals surface area (Å²) in [5.74, 6) is 0.602. The molecule has 0 bridgehead atoms. The van der Waals surface area contributed by atoms with Gasteiger partial charge in [0.1, 0.15) is 22.4 Å². The van der Waals surface area contributed by atoms with E-state index in [9.17, 15) is 4.79 Å². The maximum Gasteiger partial charge on any atom is 0.412 e. The van der Waals surface area contributed by atoms with Crippen LogP contribution in [0.1, 0.15) is 51.5 Å². The summed E-state index contributed by atoms with van der Waals surface area (Å²) < 4.78 is 26.8. The SMILES string of the molecule is C[C@H]1Oc2ccc(C(F)N(CCCc3ccccc3)C(=O)OC(C)(C)C)cc2NC1=S. The van der Waals surface area contributed by atoms with Crippen molar-refractivity contribution in [1.82, 2.24) is 4.90 Å². The number of carbonyl (C=O) groups is 1. The number of nitrogens with zero attached hydrogens (tertiary/aromatic N) is 1. The molecule has 0 aliphatic carbocycles. The van der Waals surface area contributed by atoms with E-state index in [1.165, 1.54) is 0 Å². The van der Waals surface area contributed by atoms with Gasteiger partial charge in [0, 0.05) is 12.1 Å². The van der Waals surface area contributed by atoms with Crippen LogP contribution in [0.25, 0.3) is 0 Å². The highest BCUT2D eigenvalue weighted by molar-refractivity contribution is 7.80. The monoisotopic (exact) mass is 444 g/mol. The molecule has 0 saturated carbocycles. The first-order chi connectivity index (χ1) is 14.6. The number of carbonyl (C=O) groups excluding carboxylic acids is 1. The summed E-state index contributed by atoms with van der Waals surface area (Å²) in [4.78, 5) is 14.5. The standard InChI is InChI=1S/C24H29FN2O3S/c1-16-22(31)26-19-15-18(12-13-20(19)29-16)21(25)27(23(28)30-24(2,3)4)14-8-11-17-9-6-5-7-10-17/h5-7,9-10,12-13,15-16,21H,8,11,14H2,1-4H3,(H,26,31)/t16-,21?/m1/s1. The first-order valence-electron chi connectivity index (χ1n) is 10.4. The third-order valence-corrected chi connectivity index (χ3v) is 5.25. The van der Waals surface area contributed by atoms with Crippen LogP contribution in [0.15, 0.2) is 48.5 Å². The fourth-order valence-corrected chi connectivity index (χ4v) is 3.43. The quantitative estimate of drug-likeness (QED) is 0.434. The number of rotatable bonds is 6. The van der Waals surface area contributed by atoms with Gasteiger partial charge in [-0.3, -0.25) is 4.90 Å². The minimum Gasteiger partial charge on any atom is -0.481 e. The van der Waals surface area contributed by atoms with Crippen LogP contribution in [-0.4, -0.2) is 34.2 Å². The molecule has 0 spiro atoms. The Kier molecular flexibility index (Phi) is 7.15. The van der Waals surface area contributed by atoms with E-state index in [1.807, 2.05) is 37.3 Å². The second kappa shape index (κ2) is 9.64. The largest absolute Gasteiger partial charge is 0.481 e. The lowest BCUT2D eigenvalue weighted by atomic mass is 10.1. The highest BCUT2D eigenvalue weighted by Crippen LogP contribution is 2.35. The molecule has 3 rings (SSSR count). The zero-order valence-corrected chi connectivity index (χ0v) is 19.2. The van der Waals surface area contributed by atoms with Gasteiger partial charge >= 0.3 is 6.09 Å². The molecule has 1 amide bonds. The van der Waals surface area contributed by atoms with E-state index in [2.05, 4.69) is 5.32 Å². The van der Waals surface area contributed by atoms with Crippen molar-refractivity contribution in [3.8, 4) is 5.75 Å². The first-order valence-corrected chi connectivity index (χ1v) is 10.8. The highest BCUT2D eigenvalue weighted by Gasteiger charge is 2.30. The number of aryl methyl sites for hydroxylation is 1. The lowest BCUT2D eigenvalue weighted by Gasteiger charge is -2.31. The van der Waals surface area contributed by atoms with Crippen LogP contribution >= 0.6 is 12.2 Å². The number of ether oxygens (including phenoxy) is 2. The molecule has 1 heterocycles. The van der Waals surface area contributed by atoms with E-state index in [1.54, 1.807) is 39.0 Å². The lowest BCUT2D eigenvalue weighted by Crippen LogP contribution is -2.39. The van der Waals surface area contributed by atoms with Gasteiger partial charge in [-0.2, -0.15) is 0 Å². The van der Waals surface area contributed by atoms with E-state index in [4.69, 9.17) is 21.7 Å². The van der Waals surface area contributed by atoms with E-state index >= 15 is 4.39 Å². The summed E-state index contributed by atoms with van der Waals surface area (Å²) in [6.45, 7) is 7.37. The van der Waals surface area contributed by atoms with E-state index in [-0.39, 0.29) is 12.6 Å². The van der Waals surface area contributed by atoms with E-state index < -0.39 is 18.0 Å². The van der Waals surface area contributed by atoms with Crippen LogP contribution in [0.2, 0.25) is 0 Å². The van der Waals surface area contributed by atoms with Crippen molar-refractivity contribution in [1.29, 1.82) is 0 Å². The molecule has 1 N–H and O–H groups in total. The molecule has 1 aliphatic rings. The van der Waals surface area contributed by atoms with Crippen LogP contribution in [0.4, 0.5) is 14.9 Å². The van der Waals surface area contributed by atoms with E-state index in [0.29, 0.717) is 28.4 Å². The summed E-state index contributed by atoms with van der Waals surface area (Å²) in [5.41, 5.74) is 1.34. The zero-order chi connectivity index (χ0) is 22.6. The molecular formula is C24H29FN2O3S. The normalized spacial score (nSPS) is 16.5. The Morgan fingerprint density at radius 3 is 2.65 bits per heavy atom. The third kappa shape index (κ3) is 6.17. The fraction of sp³-hybridized carbons (Fsp3) is 0.417. The van der Waals surface area contributed by atoms with Crippen LogP contribution in [0.5, 0.6) is 5.75 Å². The average Bonchev–Trinajstić information content (AvgIpc) is 2.70. The van der Waals surface area contributed by atoms with Crippen molar-refractivity contribution in [2.75, 3.05) is 11.9 Å². The molecule has 1 aliphatic heterocycles. The number of fused-ring (bicyclic) bond motifs is 1. The number of amides is 1. The van der Waals surface area contributed by atoms with Crippen molar-refractivity contribution < 1.29 is 18.7 Å². The van der Waals surface area contributed by atoms with Gasteiger partial charge in [0.2, 0.25) is 6.30 Å². The molecule has 31 heavy (non-hydrogen) atoms. The molecule has 5 nitrogen and oxygen atoms in total. The second-order valence-corrected chi connectivity index (χ2v) is 9.04. The van der Waals surface area contributed by atoms with Gasteiger partial charge in [0.25, 0.3) is 0 Å². The van der Waals surface area contributed by atoms with Crippen LogP contribution in [0, 0.1) is 0 Å². The van der Waals surface area contributed by atoms with Gasteiger partial charge in [-0.25, -0.2) is 9.18 Å². The summed E-state index contributed by atoms with van der Waals surface area (Å²) in [6, 6.07) is 14.9. The molecule has 166 valence electrons. The molecule has 0 aromatic heterocycles. The minimum atomic E-state index is -1.66. The lowest BCUT2D eigenvalue weighted by molar-refractivity contribution is -0.00409. The van der Waals surface area contributed by atoms with Gasteiger partial charge in [-0.1, -0.05) is 48.6 Å². The molecular weight excluding hydrogens is 415 g/mol. The van der Waals surface area contributed by atoms with Gasteiger partial charge in [-0.15, -0.1) is 0 Å². The average molecular weight is 445 g/mol. The van der Waals surface area contributed by atoms with Gasteiger partial charge in [-0.05, 0) is 58.2 Å². The van der Waals surface area contributed by atoms with Gasteiger partial charge < -0.3 is 14.8 Å². The fourth-order valence-electron chi connectivity index (χ4n) is 3.27. The third-order valence-electron chi connectivity index (χ3n) is 4.82. The van der Waals surface area contributed by atoms with Crippen molar-refractivity contribution in [3.63, 3.8) is 0 Å². The molecule has 2 atom stereocenters. The van der Waals surface area contributed by atoms with Crippen LogP contribution in [-0.2, 0) is 11.2 Å². The Hall–Kier alpha value is -2.67. The minimum absolute atomic E-state index is 0.224. The topological polar surface area (TPSA) is 50.8 Å². The van der Waals surface area contributed by atoms with Crippen molar-refractivity contribution >= 4 is 29.0 Å². The maximum atomic E-state index is 15.6. The van der Waals surface area contributed by atoms with Crippen LogP contribution < -0.4 is 10.1 Å². The number of hydrogen-bond acceptors (Lipinski definition) is 4. The number of anilines is 1. The van der Waals surface area contributed by atoms with Gasteiger partial charge in [0.05, 0.1) is 5.69 Å². The Labute approximate surface area is 188 Å². The highest BCUT2D eigenvalue weighted by atomic mass is 32.1. The summed E-state index contributed by atoms with van der Waals surface area (Å²) in [5, 5.41) is 3.08. The second-order valence-electron chi connectivity index (χ2n) is 8.60. The molecule has 0 fully saturated rings. The molecule has 0 saturated heterocycles. The zero-order valence-electron chi connectivity index (χ0n) is 18.4. The Morgan fingerprint density at radius 1 is 1.26 bits per heavy atom. The van der Waals surface area contributed by atoms with Gasteiger partial charge in [0.15, 0.2) is 0 Å². The first kappa shape index (κ1) is 23.0. The summed E-state index contributed by atoms with van der Waals surface area (Å²) >= 11 is 5.26. The molecule has 1 unspecified atom stereocenters. The number of halogens is 1. The maximum absolute atomic E-state index is 15.6. The molecule has 0 radical (unpaired) electrons. The Morgan fingerprint density at radius 2 is 1.97 bits per heavy atom. The number of nitrogens with one attached hydrogen (secondary N) is 1. The van der Waals surface area contributed by atoms with Crippen molar-refractivity contribution in [2.24, 2.45) is 0 Å². The Balaban J connectivity index is 1.78. The summed E-state index contributed by atoms with van der Waals surface area (Å²) in [7, 11) is 0. The number of alkyl halides is 1. The predicted octanol–water partition coefficient (Wildman–Crippen LogP) is 6.04. The smallest absolute Gasteiger partial charge is 0.412 e. The molecule has 2 aromatic rings. The molecule has 2 aromatic carbocycles. The number of thiocarbonyl (C=S) groups is 1. The van der Waals surface area contributed by atoms with Crippen molar-refractivity contribution in [3.05, 3.63) is 59.7 Å². The van der Waals surface area contributed by atoms with Crippen LogP contribution in [0.3, 0.4) is 0 Å². The Bertz CT molecular complexity index is 930. The summed E-state index contributed by atoms with van der Waals surface area (Å²) in [6.07, 6.45) is -1.24. The number of hydrogen-bond donors (Lipinski definition) is 1.